The van der Waals surface area contributed by atoms with Gasteiger partial charge in [-0.25, -0.2) is 4.98 Å². The highest BCUT2D eigenvalue weighted by Gasteiger charge is 2.39. The van der Waals surface area contributed by atoms with Crippen molar-refractivity contribution < 1.29 is 24.5 Å². The predicted molar refractivity (Wildman–Crippen MR) is 143 cm³/mol. The molecule has 13 heteroatoms. The van der Waals surface area contributed by atoms with Crippen molar-refractivity contribution in [2.75, 3.05) is 66.5 Å². The Kier molecular flexibility index (Phi) is 7.57. The van der Waals surface area contributed by atoms with Gasteiger partial charge in [-0.3, -0.25) is 9.59 Å². The number of likely N-dealkylation sites (N-methyl/N-ethyl adjacent to an activating group) is 1. The molecule has 0 radical (unpaired) electrons. The van der Waals surface area contributed by atoms with E-state index in [0.717, 1.165) is 13.0 Å². The smallest absolute Gasteiger partial charge is 0.277 e. The molecule has 2 amide bonds. The zero-order chi connectivity index (χ0) is 27.0. The van der Waals surface area contributed by atoms with Gasteiger partial charge in [-0.15, -0.1) is 0 Å². The summed E-state index contributed by atoms with van der Waals surface area (Å²) in [6.45, 7) is 4.55. The standard InChI is InChI=1S/C25H32ClN7O5/c1-14-5-17(34)10-31(8-14)25-28-7-18(26)22(30-25)29-16-3-4-19-20(6-16)33(11-21(35)27-2)24(37)23(36)32(19)9-15-12-38-13-15/h3-4,6-7,14-15,17,24,34,37H,5,8-13H2,1-2H3,(H,27,35)(H,28,29,30)/t14-,17+,24?/m1/s1. The van der Waals surface area contributed by atoms with Gasteiger partial charge in [-0.05, 0) is 30.5 Å². The van der Waals surface area contributed by atoms with Crippen molar-refractivity contribution in [3.05, 3.63) is 29.4 Å². The minimum absolute atomic E-state index is 0.177. The van der Waals surface area contributed by atoms with Crippen molar-refractivity contribution in [1.29, 1.82) is 0 Å². The van der Waals surface area contributed by atoms with Gasteiger partial charge in [0.1, 0.15) is 5.02 Å². The number of carbonyl (C=O) groups excluding carboxylic acids is 2. The Balaban J connectivity index is 1.45. The lowest BCUT2D eigenvalue weighted by Crippen LogP contribution is -2.57. The number of amides is 2. The van der Waals surface area contributed by atoms with Gasteiger partial charge in [-0.1, -0.05) is 18.5 Å². The van der Waals surface area contributed by atoms with Crippen molar-refractivity contribution in [2.24, 2.45) is 11.8 Å². The van der Waals surface area contributed by atoms with Crippen LogP contribution in [0.15, 0.2) is 24.4 Å². The molecule has 3 aliphatic rings. The average Bonchev–Trinajstić information content (AvgIpc) is 2.86. The summed E-state index contributed by atoms with van der Waals surface area (Å²) in [4.78, 5) is 39.1. The van der Waals surface area contributed by atoms with Gasteiger partial charge in [0, 0.05) is 38.3 Å². The Morgan fingerprint density at radius 3 is 2.71 bits per heavy atom. The van der Waals surface area contributed by atoms with Gasteiger partial charge in [0.15, 0.2) is 5.82 Å². The molecule has 3 atom stereocenters. The highest BCUT2D eigenvalue weighted by Crippen LogP contribution is 2.39. The maximum Gasteiger partial charge on any atom is 0.277 e. The highest BCUT2D eigenvalue weighted by molar-refractivity contribution is 6.33. The molecular formula is C25H32ClN7O5. The number of β-amino-alcohol motifs (C(OH)–C–C–N with tert-alkyl or cyclic N) is 1. The lowest BCUT2D eigenvalue weighted by Gasteiger charge is -2.42. The number of carbonyl (C=O) groups is 2. The van der Waals surface area contributed by atoms with Crippen LogP contribution in [-0.4, -0.2) is 90.8 Å². The number of benzene rings is 1. The first-order valence-electron chi connectivity index (χ1n) is 12.6. The molecule has 4 heterocycles. The first kappa shape index (κ1) is 26.4. The number of nitrogens with zero attached hydrogens (tertiary/aromatic N) is 5. The molecule has 4 N–H and O–H groups in total. The molecule has 12 nitrogen and oxygen atoms in total. The molecular weight excluding hydrogens is 514 g/mol. The van der Waals surface area contributed by atoms with E-state index in [0.29, 0.717) is 66.1 Å². The fourth-order valence-electron chi connectivity index (χ4n) is 5.04. The van der Waals surface area contributed by atoms with E-state index >= 15 is 0 Å². The van der Waals surface area contributed by atoms with Crippen LogP contribution in [0.5, 0.6) is 0 Å². The Morgan fingerprint density at radius 2 is 2.03 bits per heavy atom. The maximum absolute atomic E-state index is 13.1. The molecule has 38 heavy (non-hydrogen) atoms. The van der Waals surface area contributed by atoms with Crippen LogP contribution < -0.4 is 25.3 Å². The van der Waals surface area contributed by atoms with E-state index in [1.54, 1.807) is 23.1 Å². The molecule has 5 rings (SSSR count). The summed E-state index contributed by atoms with van der Waals surface area (Å²) in [6, 6.07) is 5.32. The first-order valence-corrected chi connectivity index (χ1v) is 13.0. The number of piperidine rings is 1. The van der Waals surface area contributed by atoms with E-state index in [1.165, 1.54) is 18.1 Å². The number of aromatic nitrogens is 2. The zero-order valence-electron chi connectivity index (χ0n) is 21.3. The molecule has 2 aromatic rings. The Morgan fingerprint density at radius 1 is 1.24 bits per heavy atom. The lowest BCUT2D eigenvalue weighted by molar-refractivity contribution is -0.128. The summed E-state index contributed by atoms with van der Waals surface area (Å²) in [5.74, 6) is 0.468. The van der Waals surface area contributed by atoms with Gasteiger partial charge in [-0.2, -0.15) is 4.98 Å². The highest BCUT2D eigenvalue weighted by atomic mass is 35.5. The number of fused-ring (bicyclic) bond motifs is 1. The number of hydrogen-bond acceptors (Lipinski definition) is 10. The second-order valence-corrected chi connectivity index (χ2v) is 10.5. The summed E-state index contributed by atoms with van der Waals surface area (Å²) in [7, 11) is 1.50. The van der Waals surface area contributed by atoms with Crippen molar-refractivity contribution in [3.8, 4) is 0 Å². The fraction of sp³-hybridized carbons (Fsp3) is 0.520. The van der Waals surface area contributed by atoms with Gasteiger partial charge >= 0.3 is 0 Å². The number of hydrogen-bond donors (Lipinski definition) is 4. The molecule has 1 aromatic heterocycles. The van der Waals surface area contributed by atoms with E-state index in [-0.39, 0.29) is 18.4 Å². The van der Waals surface area contributed by atoms with Crippen LogP contribution in [0.25, 0.3) is 0 Å². The molecule has 0 saturated carbocycles. The monoisotopic (exact) mass is 545 g/mol. The third-order valence-electron chi connectivity index (χ3n) is 7.01. The fourth-order valence-corrected chi connectivity index (χ4v) is 5.18. The number of anilines is 5. The number of rotatable bonds is 7. The van der Waals surface area contributed by atoms with Gasteiger partial charge in [0.2, 0.25) is 18.1 Å². The molecule has 2 saturated heterocycles. The first-order chi connectivity index (χ1) is 18.2. The maximum atomic E-state index is 13.1. The van der Waals surface area contributed by atoms with Gasteiger partial charge in [0.25, 0.3) is 5.91 Å². The second-order valence-electron chi connectivity index (χ2n) is 10.1. The minimum atomic E-state index is -1.52. The number of nitrogens with one attached hydrogen (secondary N) is 2. The molecule has 2 fully saturated rings. The van der Waals surface area contributed by atoms with Crippen LogP contribution in [0.3, 0.4) is 0 Å². The van der Waals surface area contributed by atoms with Crippen LogP contribution in [-0.2, 0) is 14.3 Å². The molecule has 0 bridgehead atoms. The van der Waals surface area contributed by atoms with Crippen molar-refractivity contribution in [2.45, 2.75) is 25.7 Å². The van der Waals surface area contributed by atoms with Crippen molar-refractivity contribution >= 4 is 52.2 Å². The molecule has 3 aliphatic heterocycles. The minimum Gasteiger partial charge on any atom is -0.391 e. The van der Waals surface area contributed by atoms with E-state index in [1.807, 2.05) is 4.90 Å². The zero-order valence-corrected chi connectivity index (χ0v) is 22.1. The van der Waals surface area contributed by atoms with Gasteiger partial charge < -0.3 is 40.3 Å². The summed E-state index contributed by atoms with van der Waals surface area (Å²) < 4.78 is 5.26. The molecule has 204 valence electrons. The van der Waals surface area contributed by atoms with Crippen molar-refractivity contribution in [1.82, 2.24) is 15.3 Å². The lowest BCUT2D eigenvalue weighted by atomic mass is 9.98. The third kappa shape index (κ3) is 5.35. The largest absolute Gasteiger partial charge is 0.391 e. The summed E-state index contributed by atoms with van der Waals surface area (Å²) in [5.41, 5.74) is 1.70. The van der Waals surface area contributed by atoms with E-state index < -0.39 is 18.2 Å². The molecule has 1 aromatic carbocycles. The normalized spacial score (nSPS) is 23.7. The molecule has 0 aliphatic carbocycles. The van der Waals surface area contributed by atoms with Crippen LogP contribution in [0, 0.1) is 11.8 Å². The third-order valence-corrected chi connectivity index (χ3v) is 7.29. The Hall–Kier alpha value is -3.19. The number of aliphatic hydroxyl groups excluding tert-OH is 2. The summed E-state index contributed by atoms with van der Waals surface area (Å²) >= 11 is 6.42. The van der Waals surface area contributed by atoms with E-state index in [2.05, 4.69) is 27.5 Å². The van der Waals surface area contributed by atoms with Crippen LogP contribution in [0.4, 0.5) is 28.8 Å². The number of halogens is 1. The predicted octanol–water partition coefficient (Wildman–Crippen LogP) is 0.945. The Labute approximate surface area is 225 Å². The molecule has 0 spiro atoms. The Bertz CT molecular complexity index is 1200. The average molecular weight is 546 g/mol. The topological polar surface area (TPSA) is 143 Å². The molecule has 1 unspecified atom stereocenters. The van der Waals surface area contributed by atoms with Gasteiger partial charge in [0.05, 0.1) is 43.4 Å². The van der Waals surface area contributed by atoms with Crippen molar-refractivity contribution in [3.63, 3.8) is 0 Å². The quantitative estimate of drug-likeness (QED) is 0.397. The van der Waals surface area contributed by atoms with Crippen LogP contribution in [0.2, 0.25) is 5.02 Å². The number of aliphatic hydroxyl groups is 2. The number of ether oxygens (including phenoxy) is 1. The van der Waals surface area contributed by atoms with E-state index in [9.17, 15) is 19.8 Å². The van der Waals surface area contributed by atoms with Crippen LogP contribution in [0.1, 0.15) is 13.3 Å². The summed E-state index contributed by atoms with van der Waals surface area (Å²) in [6.07, 6.45) is 0.275. The SMILES string of the molecule is CNC(=O)CN1c2cc(Nc3nc(N4C[C@H](C)C[C@H](O)C4)ncc3Cl)ccc2N(CC2COC2)C(=O)C1O. The van der Waals surface area contributed by atoms with Crippen LogP contribution >= 0.6 is 11.6 Å². The summed E-state index contributed by atoms with van der Waals surface area (Å²) in [5, 5.41) is 27.1. The second kappa shape index (κ2) is 10.9. The van der Waals surface area contributed by atoms with E-state index in [4.69, 9.17) is 16.3 Å².